The maximum Gasteiger partial charge on any atom is 0.251 e. The molecule has 0 saturated heterocycles. The van der Waals surface area contributed by atoms with E-state index in [-0.39, 0.29) is 34.6 Å². The summed E-state index contributed by atoms with van der Waals surface area (Å²) in [5.74, 6) is 0.221. The highest BCUT2D eigenvalue weighted by Gasteiger charge is 2.31. The smallest absolute Gasteiger partial charge is 0.251 e. The summed E-state index contributed by atoms with van der Waals surface area (Å²) in [7, 11) is -2.30. The molecule has 2 fully saturated rings. The Morgan fingerprint density at radius 3 is 2.62 bits per heavy atom. The van der Waals surface area contributed by atoms with Crippen LogP contribution in [-0.2, 0) is 10.0 Å². The fraction of sp³-hybridized carbons (Fsp3) is 0.611. The monoisotopic (exact) mass is 381 g/mol. The molecule has 2 saturated carbocycles. The molecule has 1 amide bonds. The van der Waals surface area contributed by atoms with Crippen molar-refractivity contribution in [2.24, 2.45) is 11.7 Å². The third-order valence-corrected chi connectivity index (χ3v) is 6.68. The number of carbonyl (C=O) groups excluding carboxylic acids is 1. The van der Waals surface area contributed by atoms with Gasteiger partial charge in [-0.3, -0.25) is 4.79 Å². The van der Waals surface area contributed by atoms with Crippen LogP contribution >= 0.6 is 0 Å². The predicted octanol–water partition coefficient (Wildman–Crippen LogP) is 1.38. The fourth-order valence-corrected chi connectivity index (χ4v) is 4.94. The van der Waals surface area contributed by atoms with E-state index in [1.54, 1.807) is 6.07 Å². The minimum Gasteiger partial charge on any atom is -0.495 e. The van der Waals surface area contributed by atoms with Crippen LogP contribution in [0.1, 0.15) is 48.9 Å². The molecule has 0 radical (unpaired) electrons. The number of hydrogen-bond donors (Lipinski definition) is 3. The average molecular weight is 381 g/mol. The molecule has 144 valence electrons. The van der Waals surface area contributed by atoms with Crippen molar-refractivity contribution in [2.75, 3.05) is 13.7 Å². The largest absolute Gasteiger partial charge is 0.495 e. The van der Waals surface area contributed by atoms with Gasteiger partial charge in [0, 0.05) is 17.6 Å². The van der Waals surface area contributed by atoms with E-state index in [4.69, 9.17) is 10.5 Å². The lowest BCUT2D eigenvalue weighted by atomic mass is 9.84. The Labute approximate surface area is 154 Å². The van der Waals surface area contributed by atoms with Crippen molar-refractivity contribution in [1.29, 1.82) is 0 Å². The van der Waals surface area contributed by atoms with E-state index in [1.807, 2.05) is 0 Å². The Kier molecular flexibility index (Phi) is 5.84. The van der Waals surface area contributed by atoms with Crippen molar-refractivity contribution < 1.29 is 17.9 Å². The molecule has 0 heterocycles. The van der Waals surface area contributed by atoms with Crippen LogP contribution in [0.15, 0.2) is 23.1 Å². The second kappa shape index (κ2) is 7.94. The normalized spacial score (nSPS) is 23.5. The van der Waals surface area contributed by atoms with Gasteiger partial charge in [-0.1, -0.05) is 12.8 Å². The van der Waals surface area contributed by atoms with Crippen LogP contribution in [0.4, 0.5) is 0 Å². The summed E-state index contributed by atoms with van der Waals surface area (Å²) in [5, 5.41) is 3.03. The summed E-state index contributed by atoms with van der Waals surface area (Å²) < 4.78 is 33.0. The second-order valence-electron chi connectivity index (χ2n) is 7.12. The first-order valence-corrected chi connectivity index (χ1v) is 10.6. The van der Waals surface area contributed by atoms with Crippen molar-refractivity contribution >= 4 is 15.9 Å². The molecule has 2 unspecified atom stereocenters. The maximum atomic E-state index is 12.7. The number of ether oxygens (including phenoxy) is 1. The van der Waals surface area contributed by atoms with Crippen molar-refractivity contribution in [3.63, 3.8) is 0 Å². The lowest BCUT2D eigenvalue weighted by molar-refractivity contribution is 0.0908. The highest BCUT2D eigenvalue weighted by molar-refractivity contribution is 7.89. The maximum absolute atomic E-state index is 12.7. The van der Waals surface area contributed by atoms with Crippen LogP contribution in [0.3, 0.4) is 0 Å². The molecule has 7 nitrogen and oxygen atoms in total. The van der Waals surface area contributed by atoms with Gasteiger partial charge >= 0.3 is 0 Å². The van der Waals surface area contributed by atoms with Gasteiger partial charge in [-0.05, 0) is 56.3 Å². The number of hydrogen-bond acceptors (Lipinski definition) is 5. The first-order chi connectivity index (χ1) is 12.4. The fourth-order valence-electron chi connectivity index (χ4n) is 3.44. The summed E-state index contributed by atoms with van der Waals surface area (Å²) >= 11 is 0. The Hall–Kier alpha value is -1.64. The van der Waals surface area contributed by atoms with Crippen LogP contribution in [0.2, 0.25) is 0 Å². The number of carbonyl (C=O) groups is 1. The van der Waals surface area contributed by atoms with Crippen LogP contribution in [0.5, 0.6) is 5.75 Å². The number of sulfonamides is 1. The molecule has 2 aliphatic carbocycles. The zero-order valence-corrected chi connectivity index (χ0v) is 15.8. The van der Waals surface area contributed by atoms with Gasteiger partial charge in [0.2, 0.25) is 10.0 Å². The molecule has 3 rings (SSSR count). The Morgan fingerprint density at radius 1 is 1.23 bits per heavy atom. The Morgan fingerprint density at radius 2 is 1.96 bits per heavy atom. The van der Waals surface area contributed by atoms with Crippen molar-refractivity contribution in [1.82, 2.24) is 10.0 Å². The molecule has 0 bridgehead atoms. The third-order valence-electron chi connectivity index (χ3n) is 5.14. The lowest BCUT2D eigenvalue weighted by Gasteiger charge is -2.31. The number of amides is 1. The standard InChI is InChI=1S/C18H27N3O4S/c1-25-16-9-6-12(10-17(16)26(23,24)21-14-7-8-14)18(22)20-15-5-3-2-4-13(15)11-19/h6,9-10,13-15,21H,2-5,7-8,11,19H2,1H3,(H,20,22). The predicted molar refractivity (Wildman–Crippen MR) is 98.6 cm³/mol. The number of nitrogens with one attached hydrogen (secondary N) is 2. The van der Waals surface area contributed by atoms with Crippen molar-refractivity contribution in [2.45, 2.75) is 55.5 Å². The summed E-state index contributed by atoms with van der Waals surface area (Å²) in [6.45, 7) is 0.540. The van der Waals surface area contributed by atoms with Gasteiger partial charge < -0.3 is 15.8 Å². The average Bonchev–Trinajstić information content (AvgIpc) is 3.44. The topological polar surface area (TPSA) is 111 Å². The zero-order chi connectivity index (χ0) is 18.7. The van der Waals surface area contributed by atoms with E-state index in [0.717, 1.165) is 38.5 Å². The molecule has 2 aliphatic rings. The minimum absolute atomic E-state index is 0.00132. The van der Waals surface area contributed by atoms with Gasteiger partial charge in [-0.25, -0.2) is 13.1 Å². The lowest BCUT2D eigenvalue weighted by Crippen LogP contribution is -2.44. The molecular weight excluding hydrogens is 354 g/mol. The SMILES string of the molecule is COc1ccc(C(=O)NC2CCCCC2CN)cc1S(=O)(=O)NC1CC1. The second-order valence-corrected chi connectivity index (χ2v) is 8.80. The van der Waals surface area contributed by atoms with Gasteiger partial charge in [-0.2, -0.15) is 0 Å². The quantitative estimate of drug-likeness (QED) is 0.661. The van der Waals surface area contributed by atoms with Crippen molar-refractivity contribution in [3.8, 4) is 5.75 Å². The number of nitrogens with two attached hydrogens (primary N) is 1. The van der Waals surface area contributed by atoms with E-state index in [0.29, 0.717) is 12.1 Å². The number of rotatable bonds is 7. The highest BCUT2D eigenvalue weighted by atomic mass is 32.2. The molecule has 4 N–H and O–H groups in total. The summed E-state index contributed by atoms with van der Waals surface area (Å²) in [6.07, 6.45) is 5.78. The molecular formula is C18H27N3O4S. The number of methoxy groups -OCH3 is 1. The first kappa shape index (κ1) is 19.1. The van der Waals surface area contributed by atoms with Gasteiger partial charge in [-0.15, -0.1) is 0 Å². The van der Waals surface area contributed by atoms with Crippen LogP contribution in [0.25, 0.3) is 0 Å². The Balaban J connectivity index is 1.81. The zero-order valence-electron chi connectivity index (χ0n) is 15.0. The third kappa shape index (κ3) is 4.36. The summed E-state index contributed by atoms with van der Waals surface area (Å²) in [4.78, 5) is 12.7. The van der Waals surface area contributed by atoms with Gasteiger partial charge in [0.05, 0.1) is 7.11 Å². The van der Waals surface area contributed by atoms with E-state index < -0.39 is 10.0 Å². The van der Waals surface area contributed by atoms with Gasteiger partial charge in [0.1, 0.15) is 10.6 Å². The molecule has 26 heavy (non-hydrogen) atoms. The van der Waals surface area contributed by atoms with Crippen LogP contribution in [-0.4, -0.2) is 40.1 Å². The molecule has 1 aromatic carbocycles. The van der Waals surface area contributed by atoms with Crippen LogP contribution in [0, 0.1) is 5.92 Å². The van der Waals surface area contributed by atoms with Crippen molar-refractivity contribution in [3.05, 3.63) is 23.8 Å². The number of benzene rings is 1. The molecule has 8 heteroatoms. The molecule has 2 atom stereocenters. The van der Waals surface area contributed by atoms with Gasteiger partial charge in [0.15, 0.2) is 0 Å². The van der Waals surface area contributed by atoms with Crippen LogP contribution < -0.4 is 20.5 Å². The first-order valence-electron chi connectivity index (χ1n) is 9.16. The summed E-state index contributed by atoms with van der Waals surface area (Å²) in [6, 6.07) is 4.52. The van der Waals surface area contributed by atoms with E-state index in [9.17, 15) is 13.2 Å². The molecule has 0 aromatic heterocycles. The summed E-state index contributed by atoms with van der Waals surface area (Å²) in [5.41, 5.74) is 6.13. The van der Waals surface area contributed by atoms with Gasteiger partial charge in [0.25, 0.3) is 5.91 Å². The molecule has 0 spiro atoms. The van der Waals surface area contributed by atoms with E-state index in [1.165, 1.54) is 19.2 Å². The van der Waals surface area contributed by atoms with E-state index in [2.05, 4.69) is 10.0 Å². The molecule has 1 aromatic rings. The molecule has 0 aliphatic heterocycles. The Bertz CT molecular complexity index is 762. The minimum atomic E-state index is -3.72. The highest BCUT2D eigenvalue weighted by Crippen LogP contribution is 2.29. The van der Waals surface area contributed by atoms with E-state index >= 15 is 0 Å².